The van der Waals surface area contributed by atoms with Crippen molar-refractivity contribution in [3.8, 4) is 0 Å². The van der Waals surface area contributed by atoms with Crippen LogP contribution in [-0.2, 0) is 10.1 Å². The first-order valence-electron chi connectivity index (χ1n) is 2.95. The van der Waals surface area contributed by atoms with Gasteiger partial charge in [0.25, 0.3) is 10.1 Å². The van der Waals surface area contributed by atoms with E-state index in [1.807, 2.05) is 0 Å². The molecule has 0 heterocycles. The third-order valence-corrected chi connectivity index (χ3v) is 3.29. The Labute approximate surface area is 61.2 Å². The molecule has 0 aromatic heterocycles. The van der Waals surface area contributed by atoms with Gasteiger partial charge in [-0.3, -0.25) is 4.55 Å². The first-order chi connectivity index (χ1) is 4.19. The van der Waals surface area contributed by atoms with E-state index in [0.29, 0.717) is 0 Å². The average molecular weight is 167 g/mol. The summed E-state index contributed by atoms with van der Waals surface area (Å²) in [6.45, 7) is 4.55. The SMILES string of the molecule is CC(C)C(C)(N)S(=O)(=O)O. The van der Waals surface area contributed by atoms with Crippen LogP contribution in [-0.4, -0.2) is 17.8 Å². The molecule has 0 saturated heterocycles. The minimum absolute atomic E-state index is 0.303. The zero-order valence-corrected chi connectivity index (χ0v) is 7.14. The standard InChI is InChI=1S/C5H13NO3S/c1-4(2)5(3,6)10(7,8)9/h4H,6H2,1-3H3,(H,7,8,9). The second-order valence-corrected chi connectivity index (χ2v) is 4.64. The first-order valence-corrected chi connectivity index (χ1v) is 4.39. The van der Waals surface area contributed by atoms with Crippen LogP contribution in [0.4, 0.5) is 0 Å². The van der Waals surface area contributed by atoms with Crippen LogP contribution in [0.1, 0.15) is 20.8 Å². The van der Waals surface area contributed by atoms with E-state index < -0.39 is 15.0 Å². The molecule has 0 amide bonds. The molecule has 0 aliphatic rings. The molecule has 0 bridgehead atoms. The predicted octanol–water partition coefficient (Wildman–Crippen LogP) is 0.205. The predicted molar refractivity (Wildman–Crippen MR) is 39.0 cm³/mol. The third-order valence-electron chi connectivity index (χ3n) is 1.70. The lowest BCUT2D eigenvalue weighted by molar-refractivity contribution is 0.381. The maximum Gasteiger partial charge on any atom is 0.283 e. The Morgan fingerprint density at radius 2 is 1.80 bits per heavy atom. The van der Waals surface area contributed by atoms with Crippen molar-refractivity contribution in [1.29, 1.82) is 0 Å². The number of hydrogen-bond acceptors (Lipinski definition) is 3. The van der Waals surface area contributed by atoms with E-state index in [1.54, 1.807) is 13.8 Å². The molecule has 0 spiro atoms. The number of nitrogens with two attached hydrogens (primary N) is 1. The van der Waals surface area contributed by atoms with Crippen LogP contribution in [0.15, 0.2) is 0 Å². The molecule has 10 heavy (non-hydrogen) atoms. The van der Waals surface area contributed by atoms with Crippen LogP contribution in [0.2, 0.25) is 0 Å². The summed E-state index contributed by atoms with van der Waals surface area (Å²) in [5.74, 6) is -0.303. The third kappa shape index (κ3) is 1.68. The Morgan fingerprint density at radius 3 is 1.80 bits per heavy atom. The molecule has 1 unspecified atom stereocenters. The second kappa shape index (κ2) is 2.48. The summed E-state index contributed by atoms with van der Waals surface area (Å²) in [5, 5.41) is 0. The van der Waals surface area contributed by atoms with Gasteiger partial charge in [-0.1, -0.05) is 13.8 Å². The van der Waals surface area contributed by atoms with Crippen LogP contribution < -0.4 is 5.73 Å². The van der Waals surface area contributed by atoms with Gasteiger partial charge in [-0.25, -0.2) is 0 Å². The van der Waals surface area contributed by atoms with Crippen LogP contribution in [0.3, 0.4) is 0 Å². The smallest absolute Gasteiger partial charge is 0.283 e. The molecule has 0 radical (unpaired) electrons. The van der Waals surface area contributed by atoms with Crippen molar-refractivity contribution in [3.05, 3.63) is 0 Å². The molecule has 0 rings (SSSR count). The monoisotopic (exact) mass is 167 g/mol. The Bertz CT molecular complexity index is 205. The van der Waals surface area contributed by atoms with Crippen LogP contribution >= 0.6 is 0 Å². The van der Waals surface area contributed by atoms with E-state index in [4.69, 9.17) is 10.3 Å². The van der Waals surface area contributed by atoms with Crippen molar-refractivity contribution in [2.45, 2.75) is 25.6 Å². The molecular weight excluding hydrogens is 154 g/mol. The molecule has 5 heteroatoms. The topological polar surface area (TPSA) is 80.4 Å². The Balaban J connectivity index is 4.76. The fourth-order valence-corrected chi connectivity index (χ4v) is 0.894. The van der Waals surface area contributed by atoms with Gasteiger partial charge in [0.05, 0.1) is 0 Å². The lowest BCUT2D eigenvalue weighted by Crippen LogP contribution is -2.48. The van der Waals surface area contributed by atoms with Gasteiger partial charge in [-0.2, -0.15) is 8.42 Å². The molecule has 62 valence electrons. The van der Waals surface area contributed by atoms with E-state index in [2.05, 4.69) is 0 Å². The number of rotatable bonds is 2. The molecule has 0 aromatic carbocycles. The van der Waals surface area contributed by atoms with E-state index in [9.17, 15) is 8.42 Å². The summed E-state index contributed by atoms with van der Waals surface area (Å²) in [5.41, 5.74) is 5.30. The van der Waals surface area contributed by atoms with Crippen molar-refractivity contribution in [2.24, 2.45) is 11.7 Å². The van der Waals surface area contributed by atoms with Crippen molar-refractivity contribution in [1.82, 2.24) is 0 Å². The molecular formula is C5H13NO3S. The van der Waals surface area contributed by atoms with Crippen molar-refractivity contribution in [3.63, 3.8) is 0 Å². The highest BCUT2D eigenvalue weighted by molar-refractivity contribution is 7.87. The minimum Gasteiger partial charge on any atom is -0.311 e. The normalized spacial score (nSPS) is 19.0. The average Bonchev–Trinajstić information content (AvgIpc) is 1.62. The molecule has 0 saturated carbocycles. The van der Waals surface area contributed by atoms with Gasteiger partial charge in [0.15, 0.2) is 0 Å². The summed E-state index contributed by atoms with van der Waals surface area (Å²) < 4.78 is 29.6. The maximum absolute atomic E-state index is 10.5. The van der Waals surface area contributed by atoms with Gasteiger partial charge in [-0.05, 0) is 12.8 Å². The minimum atomic E-state index is -4.12. The highest BCUT2D eigenvalue weighted by Gasteiger charge is 2.36. The summed E-state index contributed by atoms with van der Waals surface area (Å²) >= 11 is 0. The molecule has 1 atom stereocenters. The number of hydrogen-bond donors (Lipinski definition) is 2. The Kier molecular flexibility index (Phi) is 2.45. The molecule has 0 aromatic rings. The fourth-order valence-electron chi connectivity index (χ4n) is 0.298. The highest BCUT2D eigenvalue weighted by Crippen LogP contribution is 2.18. The Morgan fingerprint density at radius 1 is 1.50 bits per heavy atom. The van der Waals surface area contributed by atoms with E-state index >= 15 is 0 Å². The van der Waals surface area contributed by atoms with Gasteiger partial charge in [0, 0.05) is 0 Å². The molecule has 0 fully saturated rings. The molecule has 0 aliphatic heterocycles. The van der Waals surface area contributed by atoms with E-state index in [-0.39, 0.29) is 5.92 Å². The summed E-state index contributed by atoms with van der Waals surface area (Å²) in [4.78, 5) is -1.53. The molecule has 0 aliphatic carbocycles. The van der Waals surface area contributed by atoms with E-state index in [0.717, 1.165) is 0 Å². The first kappa shape index (κ1) is 9.87. The van der Waals surface area contributed by atoms with Crippen molar-refractivity contribution in [2.75, 3.05) is 0 Å². The van der Waals surface area contributed by atoms with Crippen molar-refractivity contribution >= 4 is 10.1 Å². The van der Waals surface area contributed by atoms with Crippen molar-refractivity contribution < 1.29 is 13.0 Å². The molecule has 4 nitrogen and oxygen atoms in total. The lowest BCUT2D eigenvalue weighted by atomic mass is 10.1. The van der Waals surface area contributed by atoms with Crippen LogP contribution in [0, 0.1) is 5.92 Å². The lowest BCUT2D eigenvalue weighted by Gasteiger charge is -2.24. The van der Waals surface area contributed by atoms with Gasteiger partial charge >= 0.3 is 0 Å². The summed E-state index contributed by atoms with van der Waals surface area (Å²) in [6.07, 6.45) is 0. The highest BCUT2D eigenvalue weighted by atomic mass is 32.2. The maximum atomic E-state index is 10.5. The summed E-state index contributed by atoms with van der Waals surface area (Å²) in [7, 11) is -4.12. The summed E-state index contributed by atoms with van der Waals surface area (Å²) in [6, 6.07) is 0. The second-order valence-electron chi connectivity index (χ2n) is 2.81. The fraction of sp³-hybridized carbons (Fsp3) is 1.00. The van der Waals surface area contributed by atoms with Crippen LogP contribution in [0.5, 0.6) is 0 Å². The van der Waals surface area contributed by atoms with Gasteiger partial charge in [0.1, 0.15) is 4.87 Å². The van der Waals surface area contributed by atoms with Gasteiger partial charge < -0.3 is 5.73 Å². The van der Waals surface area contributed by atoms with E-state index in [1.165, 1.54) is 6.92 Å². The Hall–Kier alpha value is -0.130. The van der Waals surface area contributed by atoms with Gasteiger partial charge in [0.2, 0.25) is 0 Å². The van der Waals surface area contributed by atoms with Gasteiger partial charge in [-0.15, -0.1) is 0 Å². The zero-order valence-electron chi connectivity index (χ0n) is 6.33. The molecule has 3 N–H and O–H groups in total. The largest absolute Gasteiger partial charge is 0.311 e. The van der Waals surface area contributed by atoms with Crippen LogP contribution in [0.25, 0.3) is 0 Å². The quantitative estimate of drug-likeness (QED) is 0.576. The zero-order chi connectivity index (χ0) is 8.58.